The molecule has 2 amide bonds. The fraction of sp³-hybridized carbons (Fsp3) is 0.529. The van der Waals surface area contributed by atoms with Gasteiger partial charge in [-0.05, 0) is 37.1 Å². The van der Waals surface area contributed by atoms with Crippen molar-refractivity contribution in [3.8, 4) is 0 Å². The Kier molecular flexibility index (Phi) is 5.86. The lowest BCUT2D eigenvalue weighted by Crippen LogP contribution is -2.52. The standard InChI is InChI=1S/C17H22BrN3O3/c18-13-3-5-14(6-4-13)19-16(22)12-20-7-9-21(10-8-20)17(23)15-2-1-11-24-15/h3-6,15H,1-2,7-12H2,(H,19,22)/t15-/m0/s1. The van der Waals surface area contributed by atoms with Gasteiger partial charge in [-0.3, -0.25) is 14.5 Å². The monoisotopic (exact) mass is 395 g/mol. The third kappa shape index (κ3) is 4.55. The number of ether oxygens (including phenoxy) is 1. The number of hydrogen-bond donors (Lipinski definition) is 1. The molecule has 3 rings (SSSR count). The molecule has 6 nitrogen and oxygen atoms in total. The van der Waals surface area contributed by atoms with Crippen molar-refractivity contribution in [3.05, 3.63) is 28.7 Å². The number of benzene rings is 1. The van der Waals surface area contributed by atoms with Gasteiger partial charge in [0.05, 0.1) is 6.54 Å². The molecule has 24 heavy (non-hydrogen) atoms. The van der Waals surface area contributed by atoms with Crippen LogP contribution in [-0.4, -0.2) is 67.0 Å². The Morgan fingerprint density at radius 2 is 1.88 bits per heavy atom. The van der Waals surface area contributed by atoms with E-state index in [2.05, 4.69) is 26.1 Å². The van der Waals surface area contributed by atoms with Gasteiger partial charge in [-0.1, -0.05) is 15.9 Å². The summed E-state index contributed by atoms with van der Waals surface area (Å²) < 4.78 is 6.44. The van der Waals surface area contributed by atoms with E-state index in [-0.39, 0.29) is 17.9 Å². The van der Waals surface area contributed by atoms with Crippen molar-refractivity contribution in [2.24, 2.45) is 0 Å². The van der Waals surface area contributed by atoms with E-state index < -0.39 is 0 Å². The zero-order valence-electron chi connectivity index (χ0n) is 13.5. The van der Waals surface area contributed by atoms with Crippen LogP contribution in [0.3, 0.4) is 0 Å². The predicted octanol–water partition coefficient (Wildman–Crippen LogP) is 1.71. The maximum Gasteiger partial charge on any atom is 0.251 e. The molecule has 7 heteroatoms. The Morgan fingerprint density at radius 1 is 1.17 bits per heavy atom. The zero-order chi connectivity index (χ0) is 16.9. The summed E-state index contributed by atoms with van der Waals surface area (Å²) in [4.78, 5) is 28.4. The highest BCUT2D eigenvalue weighted by Gasteiger charge is 2.30. The van der Waals surface area contributed by atoms with Crippen molar-refractivity contribution in [2.75, 3.05) is 44.6 Å². The summed E-state index contributed by atoms with van der Waals surface area (Å²) >= 11 is 3.37. The van der Waals surface area contributed by atoms with Crippen molar-refractivity contribution in [3.63, 3.8) is 0 Å². The molecular weight excluding hydrogens is 374 g/mol. The number of piperazine rings is 1. The lowest BCUT2D eigenvalue weighted by atomic mass is 10.2. The summed E-state index contributed by atoms with van der Waals surface area (Å²) in [6.45, 7) is 3.78. The average molecular weight is 396 g/mol. The van der Waals surface area contributed by atoms with Crippen LogP contribution in [0.2, 0.25) is 0 Å². The highest BCUT2D eigenvalue weighted by Crippen LogP contribution is 2.16. The van der Waals surface area contributed by atoms with Gasteiger partial charge < -0.3 is 15.0 Å². The van der Waals surface area contributed by atoms with Gasteiger partial charge >= 0.3 is 0 Å². The van der Waals surface area contributed by atoms with Crippen LogP contribution in [0.5, 0.6) is 0 Å². The van der Waals surface area contributed by atoms with E-state index in [1.54, 1.807) is 0 Å². The largest absolute Gasteiger partial charge is 0.368 e. The van der Waals surface area contributed by atoms with Crippen LogP contribution in [0.25, 0.3) is 0 Å². The SMILES string of the molecule is O=C(CN1CCN(C(=O)[C@@H]2CCCO2)CC1)Nc1ccc(Br)cc1. The van der Waals surface area contributed by atoms with Crippen LogP contribution in [0.4, 0.5) is 5.69 Å². The number of anilines is 1. The normalized spacial score (nSPS) is 21.7. The number of carbonyl (C=O) groups is 2. The van der Waals surface area contributed by atoms with Crippen molar-refractivity contribution >= 4 is 33.4 Å². The van der Waals surface area contributed by atoms with Gasteiger partial charge in [0.25, 0.3) is 5.91 Å². The second kappa shape index (κ2) is 8.09. The van der Waals surface area contributed by atoms with Crippen LogP contribution < -0.4 is 5.32 Å². The van der Waals surface area contributed by atoms with Crippen molar-refractivity contribution in [1.29, 1.82) is 0 Å². The fourth-order valence-electron chi connectivity index (χ4n) is 3.04. The fourth-order valence-corrected chi connectivity index (χ4v) is 3.30. The molecule has 2 saturated heterocycles. The molecule has 1 N–H and O–H groups in total. The Bertz CT molecular complexity index is 579. The number of amides is 2. The predicted molar refractivity (Wildman–Crippen MR) is 94.8 cm³/mol. The number of nitrogens with one attached hydrogen (secondary N) is 1. The molecule has 0 spiro atoms. The first-order valence-electron chi connectivity index (χ1n) is 8.30. The quantitative estimate of drug-likeness (QED) is 0.842. The third-order valence-electron chi connectivity index (χ3n) is 4.38. The minimum atomic E-state index is -0.253. The Labute approximate surface area is 150 Å². The molecule has 1 atom stereocenters. The molecule has 0 aromatic heterocycles. The summed E-state index contributed by atoms with van der Waals surface area (Å²) in [5.41, 5.74) is 0.787. The van der Waals surface area contributed by atoms with Gasteiger partial charge in [-0.25, -0.2) is 0 Å². The number of hydrogen-bond acceptors (Lipinski definition) is 4. The molecule has 1 aromatic carbocycles. The summed E-state index contributed by atoms with van der Waals surface area (Å²) in [6.07, 6.45) is 1.54. The smallest absolute Gasteiger partial charge is 0.251 e. The van der Waals surface area contributed by atoms with Crippen molar-refractivity contribution in [2.45, 2.75) is 18.9 Å². The maximum atomic E-state index is 12.3. The molecule has 2 aliphatic heterocycles. The summed E-state index contributed by atoms with van der Waals surface area (Å²) in [5, 5.41) is 2.89. The number of halogens is 1. The van der Waals surface area contributed by atoms with Gasteiger partial charge in [0.15, 0.2) is 0 Å². The molecule has 0 bridgehead atoms. The maximum absolute atomic E-state index is 12.3. The second-order valence-corrected chi connectivity index (χ2v) is 7.07. The van der Waals surface area contributed by atoms with Crippen LogP contribution in [0.1, 0.15) is 12.8 Å². The van der Waals surface area contributed by atoms with E-state index in [9.17, 15) is 9.59 Å². The first-order valence-corrected chi connectivity index (χ1v) is 9.09. The number of rotatable bonds is 4. The summed E-state index contributed by atoms with van der Waals surface area (Å²) in [5.74, 6) is 0.0719. The minimum Gasteiger partial charge on any atom is -0.368 e. The molecule has 0 aliphatic carbocycles. The average Bonchev–Trinajstić information content (AvgIpc) is 3.11. The van der Waals surface area contributed by atoms with E-state index in [1.165, 1.54) is 0 Å². The minimum absolute atomic E-state index is 0.0313. The molecule has 0 radical (unpaired) electrons. The van der Waals surface area contributed by atoms with Crippen molar-refractivity contribution < 1.29 is 14.3 Å². The first kappa shape index (κ1) is 17.4. The van der Waals surface area contributed by atoms with Crippen LogP contribution in [0, 0.1) is 0 Å². The number of nitrogens with zero attached hydrogens (tertiary/aromatic N) is 2. The second-order valence-electron chi connectivity index (χ2n) is 6.16. The molecule has 2 heterocycles. The molecule has 130 valence electrons. The summed E-state index contributed by atoms with van der Waals surface area (Å²) in [7, 11) is 0. The topological polar surface area (TPSA) is 61.9 Å². The highest BCUT2D eigenvalue weighted by atomic mass is 79.9. The zero-order valence-corrected chi connectivity index (χ0v) is 15.1. The number of carbonyl (C=O) groups excluding carboxylic acids is 2. The third-order valence-corrected chi connectivity index (χ3v) is 4.91. The lowest BCUT2D eigenvalue weighted by Gasteiger charge is -2.35. The molecule has 1 aromatic rings. The van der Waals surface area contributed by atoms with Gasteiger partial charge in [-0.15, -0.1) is 0 Å². The molecule has 0 unspecified atom stereocenters. The van der Waals surface area contributed by atoms with E-state index >= 15 is 0 Å². The van der Waals surface area contributed by atoms with Gasteiger partial charge in [0.2, 0.25) is 5.91 Å². The van der Waals surface area contributed by atoms with E-state index in [0.29, 0.717) is 39.3 Å². The van der Waals surface area contributed by atoms with Gasteiger partial charge in [0.1, 0.15) is 6.10 Å². The lowest BCUT2D eigenvalue weighted by molar-refractivity contribution is -0.142. The molecule has 2 aliphatic rings. The molecule has 0 saturated carbocycles. The Hall–Kier alpha value is -1.44. The molecular formula is C17H22BrN3O3. The summed E-state index contributed by atoms with van der Waals surface area (Å²) in [6, 6.07) is 7.51. The highest BCUT2D eigenvalue weighted by molar-refractivity contribution is 9.10. The Morgan fingerprint density at radius 3 is 2.50 bits per heavy atom. The van der Waals surface area contributed by atoms with Crippen LogP contribution >= 0.6 is 15.9 Å². The van der Waals surface area contributed by atoms with Crippen molar-refractivity contribution in [1.82, 2.24) is 9.80 Å². The van der Waals surface area contributed by atoms with Gasteiger partial charge in [-0.2, -0.15) is 0 Å². The van der Waals surface area contributed by atoms with E-state index in [1.807, 2.05) is 29.2 Å². The van der Waals surface area contributed by atoms with Crippen LogP contribution in [0.15, 0.2) is 28.7 Å². The first-order chi connectivity index (χ1) is 11.6. The van der Waals surface area contributed by atoms with Gasteiger partial charge in [0, 0.05) is 42.9 Å². The van der Waals surface area contributed by atoms with E-state index in [0.717, 1.165) is 23.0 Å². The molecule has 2 fully saturated rings. The van der Waals surface area contributed by atoms with E-state index in [4.69, 9.17) is 4.74 Å². The Balaban J connectivity index is 1.42. The van der Waals surface area contributed by atoms with Crippen LogP contribution in [-0.2, 0) is 14.3 Å².